The lowest BCUT2D eigenvalue weighted by Crippen LogP contribution is -2.21. The average molecular weight is 395 g/mol. The molecule has 2 aromatic carbocycles. The first-order valence-electron chi connectivity index (χ1n) is 8.69. The van der Waals surface area contributed by atoms with E-state index in [1.807, 2.05) is 61.6 Å². The molecule has 144 valence electrons. The number of hydrogen-bond acceptors (Lipinski definition) is 6. The lowest BCUT2D eigenvalue weighted by molar-refractivity contribution is -0.119. The fraction of sp³-hybridized carbons (Fsp3) is 0.190. The number of benzene rings is 2. The Labute approximate surface area is 167 Å². The van der Waals surface area contributed by atoms with Crippen LogP contribution in [0.2, 0.25) is 0 Å². The quantitative estimate of drug-likeness (QED) is 0.639. The van der Waals surface area contributed by atoms with E-state index in [1.54, 1.807) is 29.5 Å². The van der Waals surface area contributed by atoms with Gasteiger partial charge in [-0.25, -0.2) is 9.78 Å². The number of aryl methyl sites for hydroxylation is 1. The number of hydrogen-bond donors (Lipinski definition) is 1. The highest BCUT2D eigenvalue weighted by Crippen LogP contribution is 2.24. The van der Waals surface area contributed by atoms with Gasteiger partial charge in [0.1, 0.15) is 0 Å². The van der Waals surface area contributed by atoms with Crippen LogP contribution >= 0.6 is 11.3 Å². The zero-order valence-electron chi connectivity index (χ0n) is 15.9. The van der Waals surface area contributed by atoms with Gasteiger partial charge in [-0.1, -0.05) is 12.1 Å². The molecular weight excluding hydrogens is 374 g/mol. The summed E-state index contributed by atoms with van der Waals surface area (Å²) < 4.78 is 5.11. The molecule has 0 saturated carbocycles. The number of carbonyl (C=O) groups excluding carboxylic acids is 2. The summed E-state index contributed by atoms with van der Waals surface area (Å²) in [5.74, 6) is -0.933. The Bertz CT molecular complexity index is 981. The van der Waals surface area contributed by atoms with Crippen molar-refractivity contribution in [3.63, 3.8) is 0 Å². The fourth-order valence-electron chi connectivity index (χ4n) is 2.56. The SMILES string of the molecule is Cc1nc(-c2cccc(NC(=O)COC(=O)c3ccc(N(C)C)cc3)c2)cs1. The van der Waals surface area contributed by atoms with Crippen molar-refractivity contribution in [2.24, 2.45) is 0 Å². The van der Waals surface area contributed by atoms with Gasteiger partial charge in [0.25, 0.3) is 5.91 Å². The van der Waals surface area contributed by atoms with Crippen LogP contribution in [0.15, 0.2) is 53.9 Å². The van der Waals surface area contributed by atoms with Gasteiger partial charge < -0.3 is 15.0 Å². The molecule has 0 radical (unpaired) electrons. The highest BCUT2D eigenvalue weighted by molar-refractivity contribution is 7.09. The predicted octanol–water partition coefficient (Wildman–Crippen LogP) is 3.98. The maximum Gasteiger partial charge on any atom is 0.338 e. The molecule has 0 atom stereocenters. The van der Waals surface area contributed by atoms with E-state index in [0.29, 0.717) is 11.3 Å². The van der Waals surface area contributed by atoms with E-state index in [4.69, 9.17) is 4.74 Å². The molecule has 28 heavy (non-hydrogen) atoms. The first-order chi connectivity index (χ1) is 13.4. The summed E-state index contributed by atoms with van der Waals surface area (Å²) in [7, 11) is 3.84. The summed E-state index contributed by atoms with van der Waals surface area (Å²) in [4.78, 5) is 30.6. The molecule has 1 N–H and O–H groups in total. The molecule has 3 aromatic rings. The number of amides is 1. The van der Waals surface area contributed by atoms with Gasteiger partial charge in [-0.15, -0.1) is 11.3 Å². The molecule has 1 heterocycles. The minimum Gasteiger partial charge on any atom is -0.452 e. The standard InChI is InChI=1S/C21H21N3O3S/c1-14-22-19(13-28-14)16-5-4-6-17(11-16)23-20(25)12-27-21(26)15-7-9-18(10-8-15)24(2)3/h4-11,13H,12H2,1-3H3,(H,23,25). The van der Waals surface area contributed by atoms with Crippen LogP contribution in [-0.2, 0) is 9.53 Å². The lowest BCUT2D eigenvalue weighted by atomic mass is 10.1. The summed E-state index contributed by atoms with van der Waals surface area (Å²) in [5, 5.41) is 5.70. The molecule has 0 aliphatic rings. The summed E-state index contributed by atoms with van der Waals surface area (Å²) in [6, 6.07) is 14.4. The third-order valence-electron chi connectivity index (χ3n) is 4.01. The number of carbonyl (C=O) groups is 2. The number of anilines is 2. The second-order valence-electron chi connectivity index (χ2n) is 6.40. The molecule has 7 heteroatoms. The minimum absolute atomic E-state index is 0.353. The third kappa shape index (κ3) is 4.95. The zero-order chi connectivity index (χ0) is 20.1. The van der Waals surface area contributed by atoms with Gasteiger partial charge in [0, 0.05) is 36.4 Å². The molecule has 0 fully saturated rings. The summed E-state index contributed by atoms with van der Waals surface area (Å²) in [6.45, 7) is 1.59. The Hall–Kier alpha value is -3.19. The Morgan fingerprint density at radius 2 is 1.89 bits per heavy atom. The number of nitrogens with one attached hydrogen (secondary N) is 1. The van der Waals surface area contributed by atoms with Crippen LogP contribution in [0.3, 0.4) is 0 Å². The van der Waals surface area contributed by atoms with Crippen molar-refractivity contribution in [1.82, 2.24) is 4.98 Å². The number of thiazole rings is 1. The molecule has 0 spiro atoms. The number of rotatable bonds is 6. The largest absolute Gasteiger partial charge is 0.452 e. The molecule has 0 unspecified atom stereocenters. The number of nitrogens with zero attached hydrogens (tertiary/aromatic N) is 2. The smallest absolute Gasteiger partial charge is 0.338 e. The number of ether oxygens (including phenoxy) is 1. The van der Waals surface area contributed by atoms with Crippen molar-refractivity contribution in [2.45, 2.75) is 6.92 Å². The van der Waals surface area contributed by atoms with Gasteiger partial charge in [0.05, 0.1) is 16.3 Å². The minimum atomic E-state index is -0.535. The molecule has 0 bridgehead atoms. The Morgan fingerprint density at radius 1 is 1.14 bits per heavy atom. The van der Waals surface area contributed by atoms with Crippen LogP contribution in [0, 0.1) is 6.92 Å². The first-order valence-corrected chi connectivity index (χ1v) is 9.57. The Morgan fingerprint density at radius 3 is 2.54 bits per heavy atom. The highest BCUT2D eigenvalue weighted by Gasteiger charge is 2.11. The van der Waals surface area contributed by atoms with Crippen molar-refractivity contribution in [2.75, 3.05) is 30.9 Å². The van der Waals surface area contributed by atoms with Crippen LogP contribution in [0.25, 0.3) is 11.3 Å². The van der Waals surface area contributed by atoms with E-state index < -0.39 is 11.9 Å². The van der Waals surface area contributed by atoms with Crippen molar-refractivity contribution in [3.05, 3.63) is 64.5 Å². The highest BCUT2D eigenvalue weighted by atomic mass is 32.1. The van der Waals surface area contributed by atoms with E-state index in [0.717, 1.165) is 22.0 Å². The van der Waals surface area contributed by atoms with Crippen molar-refractivity contribution < 1.29 is 14.3 Å². The van der Waals surface area contributed by atoms with E-state index in [9.17, 15) is 9.59 Å². The molecule has 0 saturated heterocycles. The predicted molar refractivity (Wildman–Crippen MR) is 112 cm³/mol. The fourth-order valence-corrected chi connectivity index (χ4v) is 3.18. The maximum atomic E-state index is 12.1. The van der Waals surface area contributed by atoms with Crippen LogP contribution in [0.4, 0.5) is 11.4 Å². The second kappa shape index (κ2) is 8.67. The summed E-state index contributed by atoms with van der Waals surface area (Å²) in [6.07, 6.45) is 0. The molecule has 1 aromatic heterocycles. The normalized spacial score (nSPS) is 10.4. The van der Waals surface area contributed by atoms with Gasteiger partial charge in [-0.05, 0) is 43.3 Å². The third-order valence-corrected chi connectivity index (χ3v) is 4.79. The van der Waals surface area contributed by atoms with E-state index in [-0.39, 0.29) is 6.61 Å². The second-order valence-corrected chi connectivity index (χ2v) is 7.46. The number of esters is 1. The summed E-state index contributed by atoms with van der Waals surface area (Å²) in [5.41, 5.74) is 3.79. The maximum absolute atomic E-state index is 12.1. The number of aromatic nitrogens is 1. The van der Waals surface area contributed by atoms with Crippen molar-refractivity contribution >= 4 is 34.6 Å². The van der Waals surface area contributed by atoms with E-state index in [2.05, 4.69) is 10.3 Å². The molecule has 1 amide bonds. The monoisotopic (exact) mass is 395 g/mol. The molecular formula is C21H21N3O3S. The Balaban J connectivity index is 1.56. The van der Waals surface area contributed by atoms with Crippen LogP contribution in [-0.4, -0.2) is 37.6 Å². The van der Waals surface area contributed by atoms with Gasteiger partial charge in [0.15, 0.2) is 6.61 Å². The Kier molecular flexibility index (Phi) is 6.06. The first kappa shape index (κ1) is 19.6. The molecule has 0 aliphatic carbocycles. The van der Waals surface area contributed by atoms with E-state index in [1.165, 1.54) is 0 Å². The molecule has 3 rings (SSSR count). The van der Waals surface area contributed by atoms with Crippen LogP contribution < -0.4 is 10.2 Å². The van der Waals surface area contributed by atoms with Gasteiger partial charge in [-0.3, -0.25) is 4.79 Å². The molecule has 0 aliphatic heterocycles. The molecule has 6 nitrogen and oxygen atoms in total. The van der Waals surface area contributed by atoms with Gasteiger partial charge >= 0.3 is 5.97 Å². The van der Waals surface area contributed by atoms with Gasteiger partial charge in [-0.2, -0.15) is 0 Å². The van der Waals surface area contributed by atoms with Crippen LogP contribution in [0.1, 0.15) is 15.4 Å². The lowest BCUT2D eigenvalue weighted by Gasteiger charge is -2.12. The van der Waals surface area contributed by atoms with Crippen molar-refractivity contribution in [1.29, 1.82) is 0 Å². The summed E-state index contributed by atoms with van der Waals surface area (Å²) >= 11 is 1.57. The van der Waals surface area contributed by atoms with Crippen LogP contribution in [0.5, 0.6) is 0 Å². The average Bonchev–Trinajstić information content (AvgIpc) is 3.13. The van der Waals surface area contributed by atoms with E-state index >= 15 is 0 Å². The topological polar surface area (TPSA) is 71.5 Å². The van der Waals surface area contributed by atoms with Gasteiger partial charge in [0.2, 0.25) is 0 Å². The van der Waals surface area contributed by atoms with Crippen molar-refractivity contribution in [3.8, 4) is 11.3 Å². The zero-order valence-corrected chi connectivity index (χ0v) is 16.7.